The molecular formula is C13H19N3O2S. The lowest BCUT2D eigenvalue weighted by atomic mass is 10.1. The standard InChI is InChI=1S/C13H19N3O2S/c1-13(2,3)14-7-9(17)8-18-11-6-4-5-10-12(11)16-19-15-10/h4-6,9,14,17H,7-8H2,1-3H3. The van der Waals surface area contributed by atoms with E-state index in [-0.39, 0.29) is 12.1 Å². The van der Waals surface area contributed by atoms with Gasteiger partial charge in [0, 0.05) is 12.1 Å². The van der Waals surface area contributed by atoms with Crippen LogP contribution in [-0.2, 0) is 0 Å². The predicted octanol–water partition coefficient (Wildman–Crippen LogP) is 1.82. The van der Waals surface area contributed by atoms with E-state index in [1.54, 1.807) is 0 Å². The highest BCUT2D eigenvalue weighted by atomic mass is 32.1. The van der Waals surface area contributed by atoms with Crippen molar-refractivity contribution in [3.63, 3.8) is 0 Å². The number of hydrogen-bond acceptors (Lipinski definition) is 6. The Morgan fingerprint density at radius 2 is 2.16 bits per heavy atom. The molecule has 0 aliphatic heterocycles. The third kappa shape index (κ3) is 4.12. The zero-order chi connectivity index (χ0) is 13.9. The highest BCUT2D eigenvalue weighted by Gasteiger charge is 2.13. The van der Waals surface area contributed by atoms with Crippen LogP contribution < -0.4 is 10.1 Å². The molecule has 1 unspecified atom stereocenters. The molecule has 0 bridgehead atoms. The van der Waals surface area contributed by atoms with Crippen molar-refractivity contribution in [3.05, 3.63) is 18.2 Å². The summed E-state index contributed by atoms with van der Waals surface area (Å²) in [4.78, 5) is 0. The van der Waals surface area contributed by atoms with Gasteiger partial charge in [-0.15, -0.1) is 0 Å². The van der Waals surface area contributed by atoms with Gasteiger partial charge in [0.15, 0.2) is 0 Å². The van der Waals surface area contributed by atoms with Gasteiger partial charge < -0.3 is 15.2 Å². The number of rotatable bonds is 5. The summed E-state index contributed by atoms with van der Waals surface area (Å²) in [5.74, 6) is 0.668. The van der Waals surface area contributed by atoms with E-state index in [0.717, 1.165) is 22.8 Å². The molecule has 1 atom stereocenters. The Balaban J connectivity index is 1.90. The molecule has 0 aliphatic carbocycles. The molecule has 0 amide bonds. The van der Waals surface area contributed by atoms with Crippen LogP contribution in [0.5, 0.6) is 5.75 Å². The lowest BCUT2D eigenvalue weighted by Gasteiger charge is -2.22. The highest BCUT2D eigenvalue weighted by molar-refractivity contribution is 7.00. The number of aliphatic hydroxyl groups is 1. The van der Waals surface area contributed by atoms with Crippen molar-refractivity contribution in [2.45, 2.75) is 32.4 Å². The molecule has 0 fully saturated rings. The van der Waals surface area contributed by atoms with Crippen molar-refractivity contribution < 1.29 is 9.84 Å². The molecule has 2 N–H and O–H groups in total. The van der Waals surface area contributed by atoms with Gasteiger partial charge in [-0.25, -0.2) is 0 Å². The monoisotopic (exact) mass is 281 g/mol. The van der Waals surface area contributed by atoms with Crippen molar-refractivity contribution >= 4 is 22.8 Å². The maximum atomic E-state index is 9.88. The Kier molecular flexibility index (Phi) is 4.34. The average Bonchev–Trinajstić information content (AvgIpc) is 2.81. The molecule has 0 radical (unpaired) electrons. The molecule has 0 spiro atoms. The molecule has 104 valence electrons. The Hall–Kier alpha value is -1.24. The van der Waals surface area contributed by atoms with Gasteiger partial charge in [-0.3, -0.25) is 0 Å². The van der Waals surface area contributed by atoms with E-state index in [4.69, 9.17) is 4.74 Å². The van der Waals surface area contributed by atoms with Crippen LogP contribution in [0.1, 0.15) is 20.8 Å². The van der Waals surface area contributed by atoms with E-state index >= 15 is 0 Å². The summed E-state index contributed by atoms with van der Waals surface area (Å²) in [6.45, 7) is 6.90. The Morgan fingerprint density at radius 3 is 2.89 bits per heavy atom. The first-order valence-electron chi connectivity index (χ1n) is 6.23. The number of aromatic nitrogens is 2. The smallest absolute Gasteiger partial charge is 0.148 e. The maximum Gasteiger partial charge on any atom is 0.148 e. The van der Waals surface area contributed by atoms with Crippen LogP contribution in [-0.4, -0.2) is 38.6 Å². The van der Waals surface area contributed by atoms with Gasteiger partial charge in [-0.1, -0.05) is 6.07 Å². The molecule has 0 aliphatic rings. The highest BCUT2D eigenvalue weighted by Crippen LogP contribution is 2.23. The van der Waals surface area contributed by atoms with Crippen molar-refractivity contribution in [3.8, 4) is 5.75 Å². The van der Waals surface area contributed by atoms with Gasteiger partial charge in [-0.05, 0) is 32.9 Å². The number of nitrogens with one attached hydrogen (secondary N) is 1. The van der Waals surface area contributed by atoms with Crippen molar-refractivity contribution in [1.82, 2.24) is 14.1 Å². The number of fused-ring (bicyclic) bond motifs is 1. The number of benzene rings is 1. The maximum absolute atomic E-state index is 9.88. The topological polar surface area (TPSA) is 67.3 Å². The molecule has 2 rings (SSSR count). The zero-order valence-corrected chi connectivity index (χ0v) is 12.2. The van der Waals surface area contributed by atoms with Crippen molar-refractivity contribution in [2.75, 3.05) is 13.2 Å². The third-order valence-corrected chi connectivity index (χ3v) is 3.09. The molecule has 5 nitrogen and oxygen atoms in total. The van der Waals surface area contributed by atoms with E-state index in [1.165, 1.54) is 0 Å². The summed E-state index contributed by atoms with van der Waals surface area (Å²) in [5, 5.41) is 13.1. The SMILES string of the molecule is CC(C)(C)NCC(O)COc1cccc2nsnc12. The summed E-state index contributed by atoms with van der Waals surface area (Å²) in [6, 6.07) is 5.61. The fraction of sp³-hybridized carbons (Fsp3) is 0.538. The Labute approximate surface area is 116 Å². The fourth-order valence-electron chi connectivity index (χ4n) is 1.57. The summed E-state index contributed by atoms with van der Waals surface area (Å²) < 4.78 is 14.0. The molecular weight excluding hydrogens is 262 g/mol. The van der Waals surface area contributed by atoms with Crippen LogP contribution in [0.2, 0.25) is 0 Å². The van der Waals surface area contributed by atoms with Crippen LogP contribution in [0.4, 0.5) is 0 Å². The van der Waals surface area contributed by atoms with Crippen molar-refractivity contribution in [2.24, 2.45) is 0 Å². The number of aliphatic hydroxyl groups excluding tert-OH is 1. The number of hydrogen-bond donors (Lipinski definition) is 2. The van der Waals surface area contributed by atoms with E-state index in [9.17, 15) is 5.11 Å². The van der Waals surface area contributed by atoms with Gasteiger partial charge in [0.2, 0.25) is 0 Å². The van der Waals surface area contributed by atoms with Crippen LogP contribution >= 0.6 is 11.7 Å². The average molecular weight is 281 g/mol. The molecule has 1 aromatic heterocycles. The van der Waals surface area contributed by atoms with Gasteiger partial charge in [0.25, 0.3) is 0 Å². The second kappa shape index (κ2) is 5.81. The molecule has 1 heterocycles. The quantitative estimate of drug-likeness (QED) is 0.875. The lowest BCUT2D eigenvalue weighted by Crippen LogP contribution is -2.42. The largest absolute Gasteiger partial charge is 0.488 e. The summed E-state index contributed by atoms with van der Waals surface area (Å²) in [5.41, 5.74) is 1.56. The van der Waals surface area contributed by atoms with Gasteiger partial charge in [0.05, 0.1) is 11.7 Å². The number of ether oxygens (including phenoxy) is 1. The second-order valence-corrected chi connectivity index (χ2v) is 6.01. The summed E-state index contributed by atoms with van der Waals surface area (Å²) in [6.07, 6.45) is -0.555. The zero-order valence-electron chi connectivity index (χ0n) is 11.4. The van der Waals surface area contributed by atoms with Crippen LogP contribution in [0.3, 0.4) is 0 Å². The molecule has 19 heavy (non-hydrogen) atoms. The number of β-amino-alcohol motifs (C(OH)–C–C–N with tert-alkyl or cyclic N) is 1. The first-order valence-corrected chi connectivity index (χ1v) is 6.96. The molecule has 1 aromatic carbocycles. The van der Waals surface area contributed by atoms with E-state index < -0.39 is 6.10 Å². The predicted molar refractivity (Wildman–Crippen MR) is 76.7 cm³/mol. The Bertz CT molecular complexity index is 536. The summed E-state index contributed by atoms with van der Waals surface area (Å²) >= 11 is 1.16. The van der Waals surface area contributed by atoms with Gasteiger partial charge in [-0.2, -0.15) is 8.75 Å². The first kappa shape index (κ1) is 14.2. The number of nitrogens with zero attached hydrogens (tertiary/aromatic N) is 2. The second-order valence-electron chi connectivity index (χ2n) is 5.48. The van der Waals surface area contributed by atoms with Crippen LogP contribution in [0.15, 0.2) is 18.2 Å². The van der Waals surface area contributed by atoms with Crippen LogP contribution in [0.25, 0.3) is 11.0 Å². The van der Waals surface area contributed by atoms with E-state index in [0.29, 0.717) is 12.3 Å². The third-order valence-electron chi connectivity index (χ3n) is 2.55. The minimum Gasteiger partial charge on any atom is -0.488 e. The minimum atomic E-state index is -0.555. The summed E-state index contributed by atoms with van der Waals surface area (Å²) in [7, 11) is 0. The molecule has 2 aromatic rings. The molecule has 0 saturated carbocycles. The first-order chi connectivity index (χ1) is 8.96. The van der Waals surface area contributed by atoms with Crippen molar-refractivity contribution in [1.29, 1.82) is 0 Å². The minimum absolute atomic E-state index is 0.0141. The van der Waals surface area contributed by atoms with E-state index in [2.05, 4.69) is 34.8 Å². The molecule has 6 heteroatoms. The molecule has 0 saturated heterocycles. The lowest BCUT2D eigenvalue weighted by molar-refractivity contribution is 0.101. The fourth-order valence-corrected chi connectivity index (χ4v) is 2.11. The normalized spacial score (nSPS) is 13.7. The van der Waals surface area contributed by atoms with Gasteiger partial charge >= 0.3 is 0 Å². The van der Waals surface area contributed by atoms with Crippen LogP contribution in [0, 0.1) is 0 Å². The Morgan fingerprint density at radius 1 is 1.37 bits per heavy atom. The van der Waals surface area contributed by atoms with E-state index in [1.807, 2.05) is 18.2 Å². The van der Waals surface area contributed by atoms with Gasteiger partial charge in [0.1, 0.15) is 29.5 Å².